The predicted molar refractivity (Wildman–Crippen MR) is 90.3 cm³/mol. The summed E-state index contributed by atoms with van der Waals surface area (Å²) < 4.78 is 0. The highest BCUT2D eigenvalue weighted by atomic mass is 35.5. The number of hydrogen-bond acceptors (Lipinski definition) is 2. The highest BCUT2D eigenvalue weighted by Crippen LogP contribution is 2.21. The van der Waals surface area contributed by atoms with Crippen molar-refractivity contribution in [1.82, 2.24) is 10.2 Å². The standard InChI is InChI=1S/C17H26N2O.ClH/c1-4-18-12-15-8-10-19(11-9-15)17(20)16-7-5-6-13(2)14(16)3;/h5-7,15,18H,4,8-12H2,1-3H3;1H. The van der Waals surface area contributed by atoms with Crippen molar-refractivity contribution < 1.29 is 4.79 Å². The largest absolute Gasteiger partial charge is 0.339 e. The fourth-order valence-corrected chi connectivity index (χ4v) is 2.84. The van der Waals surface area contributed by atoms with Crippen LogP contribution in [0.25, 0.3) is 0 Å². The molecule has 1 aliphatic rings. The topological polar surface area (TPSA) is 32.3 Å². The third-order valence-corrected chi connectivity index (χ3v) is 4.42. The fraction of sp³-hybridized carbons (Fsp3) is 0.588. The molecule has 1 aromatic carbocycles. The lowest BCUT2D eigenvalue weighted by Gasteiger charge is -2.32. The van der Waals surface area contributed by atoms with Crippen LogP contribution in [0.1, 0.15) is 41.3 Å². The second kappa shape index (κ2) is 8.40. The number of piperidine rings is 1. The SMILES string of the molecule is CCNCC1CCN(C(=O)c2cccc(C)c2C)CC1.Cl. The molecule has 4 heteroatoms. The fourth-order valence-electron chi connectivity index (χ4n) is 2.84. The van der Waals surface area contributed by atoms with Gasteiger partial charge in [-0.05, 0) is 62.9 Å². The quantitative estimate of drug-likeness (QED) is 0.926. The molecule has 0 atom stereocenters. The van der Waals surface area contributed by atoms with Crippen LogP contribution in [0.15, 0.2) is 18.2 Å². The van der Waals surface area contributed by atoms with E-state index in [0.29, 0.717) is 0 Å². The van der Waals surface area contributed by atoms with Gasteiger partial charge in [0, 0.05) is 18.7 Å². The molecule has 1 saturated heterocycles. The van der Waals surface area contributed by atoms with Gasteiger partial charge in [0.1, 0.15) is 0 Å². The van der Waals surface area contributed by atoms with Crippen LogP contribution in [-0.4, -0.2) is 37.0 Å². The van der Waals surface area contributed by atoms with Gasteiger partial charge in [-0.2, -0.15) is 0 Å². The zero-order chi connectivity index (χ0) is 14.5. The van der Waals surface area contributed by atoms with Crippen molar-refractivity contribution in [1.29, 1.82) is 0 Å². The van der Waals surface area contributed by atoms with E-state index < -0.39 is 0 Å². The Morgan fingerprint density at radius 2 is 1.95 bits per heavy atom. The molecule has 0 unspecified atom stereocenters. The van der Waals surface area contributed by atoms with E-state index in [4.69, 9.17) is 0 Å². The molecule has 1 aromatic rings. The molecule has 0 spiro atoms. The number of halogens is 1. The summed E-state index contributed by atoms with van der Waals surface area (Å²) in [6.45, 7) is 10.1. The van der Waals surface area contributed by atoms with Gasteiger partial charge in [-0.3, -0.25) is 4.79 Å². The minimum Gasteiger partial charge on any atom is -0.339 e. The monoisotopic (exact) mass is 310 g/mol. The molecule has 1 aliphatic heterocycles. The van der Waals surface area contributed by atoms with Crippen LogP contribution in [0, 0.1) is 19.8 Å². The van der Waals surface area contributed by atoms with E-state index in [1.807, 2.05) is 24.0 Å². The van der Waals surface area contributed by atoms with E-state index in [9.17, 15) is 4.79 Å². The van der Waals surface area contributed by atoms with Crippen molar-refractivity contribution in [2.24, 2.45) is 5.92 Å². The van der Waals surface area contributed by atoms with Crippen molar-refractivity contribution in [2.45, 2.75) is 33.6 Å². The van der Waals surface area contributed by atoms with E-state index in [1.165, 1.54) is 5.56 Å². The molecule has 118 valence electrons. The minimum absolute atomic E-state index is 0. The Hall–Kier alpha value is -1.06. The number of nitrogens with zero attached hydrogens (tertiary/aromatic N) is 1. The molecule has 3 nitrogen and oxygen atoms in total. The third-order valence-electron chi connectivity index (χ3n) is 4.42. The molecule has 1 heterocycles. The number of carbonyl (C=O) groups excluding carboxylic acids is 1. The summed E-state index contributed by atoms with van der Waals surface area (Å²) >= 11 is 0. The van der Waals surface area contributed by atoms with E-state index in [0.717, 1.165) is 56.1 Å². The van der Waals surface area contributed by atoms with Crippen LogP contribution >= 0.6 is 12.4 Å². The molecular formula is C17H27ClN2O. The number of benzene rings is 1. The number of nitrogens with one attached hydrogen (secondary N) is 1. The first-order valence-corrected chi connectivity index (χ1v) is 7.69. The van der Waals surface area contributed by atoms with Crippen molar-refractivity contribution >= 4 is 18.3 Å². The summed E-state index contributed by atoms with van der Waals surface area (Å²) in [6.07, 6.45) is 2.23. The molecule has 1 amide bonds. The summed E-state index contributed by atoms with van der Waals surface area (Å²) in [5.41, 5.74) is 3.18. The third kappa shape index (κ3) is 4.45. The van der Waals surface area contributed by atoms with Gasteiger partial charge in [-0.25, -0.2) is 0 Å². The number of aryl methyl sites for hydroxylation is 1. The van der Waals surface area contributed by atoms with Gasteiger partial charge >= 0.3 is 0 Å². The first kappa shape index (κ1) is 18.0. The maximum absolute atomic E-state index is 12.6. The minimum atomic E-state index is 0. The summed E-state index contributed by atoms with van der Waals surface area (Å²) in [5, 5.41) is 3.41. The van der Waals surface area contributed by atoms with E-state index in [2.05, 4.69) is 25.2 Å². The molecule has 0 saturated carbocycles. The van der Waals surface area contributed by atoms with Gasteiger partial charge in [0.2, 0.25) is 0 Å². The van der Waals surface area contributed by atoms with Crippen LogP contribution in [0.5, 0.6) is 0 Å². The second-order valence-electron chi connectivity index (χ2n) is 5.79. The van der Waals surface area contributed by atoms with E-state index in [1.54, 1.807) is 0 Å². The van der Waals surface area contributed by atoms with Gasteiger partial charge in [0.15, 0.2) is 0 Å². The lowest BCUT2D eigenvalue weighted by atomic mass is 9.95. The number of amides is 1. The zero-order valence-electron chi connectivity index (χ0n) is 13.3. The molecular weight excluding hydrogens is 284 g/mol. The van der Waals surface area contributed by atoms with Crippen molar-refractivity contribution in [3.8, 4) is 0 Å². The maximum atomic E-state index is 12.6. The maximum Gasteiger partial charge on any atom is 0.254 e. The predicted octanol–water partition coefficient (Wildman–Crippen LogP) is 3.19. The van der Waals surface area contributed by atoms with Crippen LogP contribution in [-0.2, 0) is 0 Å². The van der Waals surface area contributed by atoms with E-state index in [-0.39, 0.29) is 18.3 Å². The van der Waals surface area contributed by atoms with Crippen molar-refractivity contribution in [3.05, 3.63) is 34.9 Å². The zero-order valence-corrected chi connectivity index (χ0v) is 14.1. The number of carbonyl (C=O) groups is 1. The molecule has 2 rings (SSSR count). The van der Waals surface area contributed by atoms with Crippen LogP contribution in [0.4, 0.5) is 0 Å². The average Bonchev–Trinajstić information content (AvgIpc) is 2.48. The Labute approximate surface area is 134 Å². The molecule has 21 heavy (non-hydrogen) atoms. The number of likely N-dealkylation sites (tertiary alicyclic amines) is 1. The first-order chi connectivity index (χ1) is 9.63. The molecule has 0 radical (unpaired) electrons. The summed E-state index contributed by atoms with van der Waals surface area (Å²) in [4.78, 5) is 14.6. The summed E-state index contributed by atoms with van der Waals surface area (Å²) in [6, 6.07) is 6.00. The normalized spacial score (nSPS) is 15.7. The highest BCUT2D eigenvalue weighted by Gasteiger charge is 2.24. The first-order valence-electron chi connectivity index (χ1n) is 7.69. The van der Waals surface area contributed by atoms with E-state index >= 15 is 0 Å². The van der Waals surface area contributed by atoms with Crippen LogP contribution in [0.2, 0.25) is 0 Å². The van der Waals surface area contributed by atoms with Gasteiger partial charge in [0.25, 0.3) is 5.91 Å². The van der Waals surface area contributed by atoms with Gasteiger partial charge in [-0.1, -0.05) is 19.1 Å². The Kier molecular flexibility index (Phi) is 7.20. The summed E-state index contributed by atoms with van der Waals surface area (Å²) in [5.74, 6) is 0.922. The van der Waals surface area contributed by atoms with Crippen LogP contribution in [0.3, 0.4) is 0 Å². The Balaban J connectivity index is 0.00000220. The Morgan fingerprint density at radius 3 is 2.57 bits per heavy atom. The molecule has 0 bridgehead atoms. The Morgan fingerprint density at radius 1 is 1.29 bits per heavy atom. The second-order valence-corrected chi connectivity index (χ2v) is 5.79. The Bertz CT molecular complexity index is 468. The molecule has 0 aliphatic carbocycles. The number of hydrogen-bond donors (Lipinski definition) is 1. The number of rotatable bonds is 4. The van der Waals surface area contributed by atoms with Gasteiger partial charge < -0.3 is 10.2 Å². The van der Waals surface area contributed by atoms with Gasteiger partial charge in [-0.15, -0.1) is 12.4 Å². The van der Waals surface area contributed by atoms with Gasteiger partial charge in [0.05, 0.1) is 0 Å². The average molecular weight is 311 g/mol. The lowest BCUT2D eigenvalue weighted by molar-refractivity contribution is 0.0689. The molecule has 1 fully saturated rings. The summed E-state index contributed by atoms with van der Waals surface area (Å²) in [7, 11) is 0. The molecule has 0 aromatic heterocycles. The van der Waals surface area contributed by atoms with Crippen LogP contribution < -0.4 is 5.32 Å². The highest BCUT2D eigenvalue weighted by molar-refractivity contribution is 5.96. The van der Waals surface area contributed by atoms with Crippen molar-refractivity contribution in [2.75, 3.05) is 26.2 Å². The molecule has 1 N–H and O–H groups in total. The lowest BCUT2D eigenvalue weighted by Crippen LogP contribution is -2.41. The smallest absolute Gasteiger partial charge is 0.254 e. The van der Waals surface area contributed by atoms with Crippen molar-refractivity contribution in [3.63, 3.8) is 0 Å².